The molecule has 1 fully saturated rings. The minimum absolute atomic E-state index is 0.0806. The van der Waals surface area contributed by atoms with Crippen LogP contribution in [-0.4, -0.2) is 50.0 Å². The first-order valence-corrected chi connectivity index (χ1v) is 15.3. The summed E-state index contributed by atoms with van der Waals surface area (Å²) >= 11 is 12.3. The van der Waals surface area contributed by atoms with Crippen molar-refractivity contribution in [3.63, 3.8) is 0 Å². The van der Waals surface area contributed by atoms with Crippen molar-refractivity contribution in [3.05, 3.63) is 64.1 Å². The number of nitrogens with one attached hydrogen (secondary N) is 1. The normalized spacial score (nSPS) is 14.8. The fraction of sp³-hybridized carbons (Fsp3) is 0.481. The molecular formula is C27H35Cl2N3O4S. The summed E-state index contributed by atoms with van der Waals surface area (Å²) in [4.78, 5) is 28.4. The number of benzene rings is 2. The van der Waals surface area contributed by atoms with Crippen molar-refractivity contribution >= 4 is 50.7 Å². The average molecular weight is 569 g/mol. The molecule has 0 spiro atoms. The molecule has 0 saturated heterocycles. The molecule has 37 heavy (non-hydrogen) atoms. The Labute approximate surface area is 230 Å². The van der Waals surface area contributed by atoms with Crippen molar-refractivity contribution in [1.82, 2.24) is 10.2 Å². The monoisotopic (exact) mass is 567 g/mol. The Kier molecular flexibility index (Phi) is 10.7. The van der Waals surface area contributed by atoms with Gasteiger partial charge in [-0.15, -0.1) is 0 Å². The van der Waals surface area contributed by atoms with E-state index < -0.39 is 16.1 Å². The van der Waals surface area contributed by atoms with Crippen molar-refractivity contribution < 1.29 is 18.0 Å². The fourth-order valence-electron chi connectivity index (χ4n) is 4.71. The van der Waals surface area contributed by atoms with Gasteiger partial charge in [-0.25, -0.2) is 8.42 Å². The SMILES string of the molecule is CCC(C(=O)NC1CCCC1)N(Cc1ccccc1Cl)C(=O)CCCN(c1ccc(Cl)cc1)S(C)(=O)=O. The molecule has 1 aliphatic rings. The van der Waals surface area contributed by atoms with E-state index in [1.807, 2.05) is 25.1 Å². The first kappa shape index (κ1) is 29.3. The number of hydrogen-bond donors (Lipinski definition) is 1. The Balaban J connectivity index is 1.76. The fourth-order valence-corrected chi connectivity index (χ4v) is 6.00. The van der Waals surface area contributed by atoms with E-state index in [2.05, 4.69) is 5.32 Å². The van der Waals surface area contributed by atoms with Crippen molar-refractivity contribution in [2.75, 3.05) is 17.1 Å². The molecule has 0 bridgehead atoms. The molecule has 1 N–H and O–H groups in total. The highest BCUT2D eigenvalue weighted by molar-refractivity contribution is 7.92. The zero-order valence-electron chi connectivity index (χ0n) is 21.3. The molecule has 1 saturated carbocycles. The number of nitrogens with zero attached hydrogens (tertiary/aromatic N) is 2. The van der Waals surface area contributed by atoms with Gasteiger partial charge in [0.05, 0.1) is 11.9 Å². The van der Waals surface area contributed by atoms with Crippen LogP contribution in [0.4, 0.5) is 5.69 Å². The molecule has 2 aromatic rings. The van der Waals surface area contributed by atoms with Gasteiger partial charge in [0.1, 0.15) is 6.04 Å². The van der Waals surface area contributed by atoms with Gasteiger partial charge in [0.15, 0.2) is 0 Å². The first-order chi connectivity index (χ1) is 17.6. The summed E-state index contributed by atoms with van der Waals surface area (Å²) < 4.78 is 26.2. The Morgan fingerprint density at radius 1 is 1.05 bits per heavy atom. The van der Waals surface area contributed by atoms with Crippen LogP contribution in [0.15, 0.2) is 48.5 Å². The van der Waals surface area contributed by atoms with Crippen LogP contribution < -0.4 is 9.62 Å². The van der Waals surface area contributed by atoms with Gasteiger partial charge in [0, 0.05) is 35.6 Å². The molecule has 1 atom stereocenters. The number of sulfonamides is 1. The van der Waals surface area contributed by atoms with Crippen LogP contribution in [0.25, 0.3) is 0 Å². The summed E-state index contributed by atoms with van der Waals surface area (Å²) in [7, 11) is -3.57. The molecule has 0 aliphatic heterocycles. The third-order valence-corrected chi connectivity index (χ3v) is 8.47. The second-order valence-electron chi connectivity index (χ2n) is 9.44. The lowest BCUT2D eigenvalue weighted by atomic mass is 10.1. The Morgan fingerprint density at radius 2 is 1.70 bits per heavy atom. The molecule has 0 heterocycles. The summed E-state index contributed by atoms with van der Waals surface area (Å²) in [5.41, 5.74) is 1.23. The number of carbonyl (C=O) groups is 2. The molecule has 0 radical (unpaired) electrons. The quantitative estimate of drug-likeness (QED) is 0.371. The van der Waals surface area contributed by atoms with Crippen molar-refractivity contribution in [1.29, 1.82) is 0 Å². The summed E-state index contributed by atoms with van der Waals surface area (Å²) in [6.07, 6.45) is 6.04. The second-order valence-corrected chi connectivity index (χ2v) is 12.2. The molecular weight excluding hydrogens is 533 g/mol. The number of amides is 2. The smallest absolute Gasteiger partial charge is 0.243 e. The molecule has 2 aromatic carbocycles. The molecule has 2 amide bonds. The lowest BCUT2D eigenvalue weighted by Crippen LogP contribution is -2.51. The van der Waals surface area contributed by atoms with Crippen LogP contribution in [0, 0.1) is 0 Å². The second kappa shape index (κ2) is 13.5. The van der Waals surface area contributed by atoms with E-state index in [1.54, 1.807) is 35.2 Å². The molecule has 7 nitrogen and oxygen atoms in total. The zero-order chi connectivity index (χ0) is 27.0. The van der Waals surface area contributed by atoms with Gasteiger partial charge >= 0.3 is 0 Å². The average Bonchev–Trinajstić information content (AvgIpc) is 3.36. The summed E-state index contributed by atoms with van der Waals surface area (Å²) in [6, 6.07) is 13.3. The molecule has 0 aromatic heterocycles. The van der Waals surface area contributed by atoms with Gasteiger partial charge in [-0.3, -0.25) is 13.9 Å². The number of halogens is 2. The molecule has 1 unspecified atom stereocenters. The predicted molar refractivity (Wildman–Crippen MR) is 149 cm³/mol. The maximum Gasteiger partial charge on any atom is 0.243 e. The predicted octanol–water partition coefficient (Wildman–Crippen LogP) is 5.41. The summed E-state index contributed by atoms with van der Waals surface area (Å²) in [5, 5.41) is 4.15. The Hall–Kier alpha value is -2.29. The van der Waals surface area contributed by atoms with E-state index in [0.29, 0.717) is 22.2 Å². The van der Waals surface area contributed by atoms with Gasteiger partial charge in [-0.2, -0.15) is 0 Å². The van der Waals surface area contributed by atoms with Crippen molar-refractivity contribution in [2.45, 2.75) is 70.5 Å². The highest BCUT2D eigenvalue weighted by Crippen LogP contribution is 2.24. The topological polar surface area (TPSA) is 86.8 Å². The van der Waals surface area contributed by atoms with Crippen LogP contribution in [0.2, 0.25) is 10.0 Å². The number of rotatable bonds is 12. The van der Waals surface area contributed by atoms with Gasteiger partial charge in [0.2, 0.25) is 21.8 Å². The third kappa shape index (κ3) is 8.35. The van der Waals surface area contributed by atoms with Gasteiger partial charge in [0.25, 0.3) is 0 Å². The lowest BCUT2D eigenvalue weighted by molar-refractivity contribution is -0.141. The van der Waals surface area contributed by atoms with Crippen LogP contribution in [0.3, 0.4) is 0 Å². The molecule has 10 heteroatoms. The summed E-state index contributed by atoms with van der Waals surface area (Å²) in [5.74, 6) is -0.383. The maximum absolute atomic E-state index is 13.5. The van der Waals surface area contributed by atoms with Crippen molar-refractivity contribution in [2.24, 2.45) is 0 Å². The lowest BCUT2D eigenvalue weighted by Gasteiger charge is -2.32. The Bertz CT molecular complexity index is 1170. The summed E-state index contributed by atoms with van der Waals surface area (Å²) in [6.45, 7) is 2.21. The van der Waals surface area contributed by atoms with Crippen molar-refractivity contribution in [3.8, 4) is 0 Å². The van der Waals surface area contributed by atoms with Gasteiger partial charge < -0.3 is 10.2 Å². The van der Waals surface area contributed by atoms with Crippen LogP contribution in [0.5, 0.6) is 0 Å². The van der Waals surface area contributed by atoms with Crippen LogP contribution >= 0.6 is 23.2 Å². The maximum atomic E-state index is 13.5. The van der Waals surface area contributed by atoms with E-state index in [9.17, 15) is 18.0 Å². The number of carbonyl (C=O) groups excluding carboxylic acids is 2. The van der Waals surface area contributed by atoms with Gasteiger partial charge in [-0.05, 0) is 61.6 Å². The molecule has 202 valence electrons. The van der Waals surface area contributed by atoms with Crippen LogP contribution in [-0.2, 0) is 26.2 Å². The van der Waals surface area contributed by atoms with E-state index in [1.165, 1.54) is 4.31 Å². The van der Waals surface area contributed by atoms with E-state index >= 15 is 0 Å². The highest BCUT2D eigenvalue weighted by atomic mass is 35.5. The number of hydrogen-bond acceptors (Lipinski definition) is 4. The van der Waals surface area contributed by atoms with Crippen LogP contribution in [0.1, 0.15) is 57.4 Å². The van der Waals surface area contributed by atoms with E-state index in [-0.39, 0.29) is 43.8 Å². The third-order valence-electron chi connectivity index (χ3n) is 6.65. The minimum atomic E-state index is -3.57. The minimum Gasteiger partial charge on any atom is -0.352 e. The highest BCUT2D eigenvalue weighted by Gasteiger charge is 2.31. The van der Waals surface area contributed by atoms with E-state index in [4.69, 9.17) is 23.2 Å². The zero-order valence-corrected chi connectivity index (χ0v) is 23.7. The standard InChI is InChI=1S/C27H35Cl2N3O4S/c1-3-25(27(34)30-22-10-5-6-11-22)31(19-20-9-4-7-12-24(20)29)26(33)13-8-18-32(37(2,35)36)23-16-14-21(28)15-17-23/h4,7,9,12,14-17,22,25H,3,5-6,8,10-11,13,18-19H2,1-2H3,(H,30,34). The van der Waals surface area contributed by atoms with Gasteiger partial charge in [-0.1, -0.05) is 61.2 Å². The Morgan fingerprint density at radius 3 is 2.30 bits per heavy atom. The van der Waals surface area contributed by atoms with E-state index in [0.717, 1.165) is 37.5 Å². The number of anilines is 1. The molecule has 3 rings (SSSR count). The first-order valence-electron chi connectivity index (χ1n) is 12.7. The molecule has 1 aliphatic carbocycles. The largest absolute Gasteiger partial charge is 0.352 e.